The summed E-state index contributed by atoms with van der Waals surface area (Å²) in [6, 6.07) is 23.2. The van der Waals surface area contributed by atoms with Crippen molar-refractivity contribution in [3.8, 4) is 0 Å². The number of aliphatic hydroxyl groups excluding tert-OH is 1. The molecule has 0 spiro atoms. The van der Waals surface area contributed by atoms with Crippen molar-refractivity contribution in [3.05, 3.63) is 96.1 Å². The molecule has 46 heavy (non-hydrogen) atoms. The van der Waals surface area contributed by atoms with E-state index < -0.39 is 45.6 Å². The predicted octanol–water partition coefficient (Wildman–Crippen LogP) is 4.90. The summed E-state index contributed by atoms with van der Waals surface area (Å²) in [4.78, 5) is 26.9. The Morgan fingerprint density at radius 2 is 1.46 bits per heavy atom. The summed E-state index contributed by atoms with van der Waals surface area (Å²) in [5.74, 6) is -0.936. The Morgan fingerprint density at radius 1 is 0.913 bits per heavy atom. The molecule has 2 amide bonds. The van der Waals surface area contributed by atoms with Gasteiger partial charge in [0.15, 0.2) is 0 Å². The summed E-state index contributed by atoms with van der Waals surface area (Å²) in [7, 11) is -3.92. The molecule has 0 saturated carbocycles. The smallest absolute Gasteiger partial charge is 0.408 e. The second kappa shape index (κ2) is 16.6. The monoisotopic (exact) mass is 652 g/mol. The van der Waals surface area contributed by atoms with E-state index in [2.05, 4.69) is 10.6 Å². The second-order valence-corrected chi connectivity index (χ2v) is 14.6. The molecule has 3 aromatic carbocycles. The van der Waals surface area contributed by atoms with Crippen LogP contribution in [0.1, 0.15) is 64.5 Å². The summed E-state index contributed by atoms with van der Waals surface area (Å²) in [6.45, 7) is 9.09. The van der Waals surface area contributed by atoms with E-state index in [-0.39, 0.29) is 30.5 Å². The average molecular weight is 653 g/mol. The fourth-order valence-electron chi connectivity index (χ4n) is 5.20. The number of nitrogens with zero attached hydrogens (tertiary/aromatic N) is 1. The first-order chi connectivity index (χ1) is 21.7. The molecular formula is C35H48N4O6S. The van der Waals surface area contributed by atoms with E-state index in [1.165, 1.54) is 28.6 Å². The van der Waals surface area contributed by atoms with Gasteiger partial charge in [0.25, 0.3) is 0 Å². The molecule has 0 fully saturated rings. The van der Waals surface area contributed by atoms with Crippen molar-refractivity contribution in [2.45, 2.75) is 76.0 Å². The zero-order valence-electron chi connectivity index (χ0n) is 27.3. The SMILES string of the molecule is CC(C)CN([C@H](CO)CCCNC(=O)[C@@H](NC(=O)OC(C)(C)C)C(c1ccccc1)c1ccccc1)S(=O)(=O)c1ccc(N)cc1. The number of carbonyl (C=O) groups is 2. The molecular weight excluding hydrogens is 604 g/mol. The third kappa shape index (κ3) is 10.6. The first-order valence-electron chi connectivity index (χ1n) is 15.6. The van der Waals surface area contributed by atoms with Gasteiger partial charge in [-0.05, 0) is 74.9 Å². The van der Waals surface area contributed by atoms with Gasteiger partial charge >= 0.3 is 6.09 Å². The number of hydrogen-bond donors (Lipinski definition) is 4. The van der Waals surface area contributed by atoms with Crippen molar-refractivity contribution in [1.29, 1.82) is 0 Å². The van der Waals surface area contributed by atoms with E-state index in [1.807, 2.05) is 74.5 Å². The van der Waals surface area contributed by atoms with Gasteiger partial charge in [0.2, 0.25) is 15.9 Å². The molecule has 250 valence electrons. The fourth-order valence-corrected chi connectivity index (χ4v) is 7.01. The summed E-state index contributed by atoms with van der Waals surface area (Å²) in [6.07, 6.45) is -0.0477. The number of carbonyl (C=O) groups excluding carboxylic acids is 2. The molecule has 5 N–H and O–H groups in total. The average Bonchev–Trinajstić information content (AvgIpc) is 3.00. The Balaban J connectivity index is 1.81. The molecule has 3 rings (SSSR count). The lowest BCUT2D eigenvalue weighted by atomic mass is 9.84. The van der Waals surface area contributed by atoms with Crippen LogP contribution in [0.25, 0.3) is 0 Å². The Morgan fingerprint density at radius 3 is 1.93 bits per heavy atom. The molecule has 11 heteroatoms. The van der Waals surface area contributed by atoms with Crippen LogP contribution in [0.2, 0.25) is 0 Å². The van der Waals surface area contributed by atoms with Crippen molar-refractivity contribution in [2.24, 2.45) is 5.92 Å². The summed E-state index contributed by atoms with van der Waals surface area (Å²) in [5.41, 5.74) is 7.11. The van der Waals surface area contributed by atoms with E-state index in [4.69, 9.17) is 10.5 Å². The number of anilines is 1. The van der Waals surface area contributed by atoms with Gasteiger partial charge in [0.1, 0.15) is 11.6 Å². The lowest BCUT2D eigenvalue weighted by Gasteiger charge is -2.31. The van der Waals surface area contributed by atoms with Crippen molar-refractivity contribution < 1.29 is 27.9 Å². The number of rotatable bonds is 15. The van der Waals surface area contributed by atoms with Crippen LogP contribution in [-0.4, -0.2) is 67.2 Å². The topological polar surface area (TPSA) is 151 Å². The summed E-state index contributed by atoms with van der Waals surface area (Å²) < 4.78 is 34.1. The molecule has 3 aromatic rings. The Labute approximate surface area is 273 Å². The van der Waals surface area contributed by atoms with Gasteiger partial charge in [-0.2, -0.15) is 4.31 Å². The van der Waals surface area contributed by atoms with Crippen LogP contribution in [0.3, 0.4) is 0 Å². The van der Waals surface area contributed by atoms with Crippen LogP contribution >= 0.6 is 0 Å². The highest BCUT2D eigenvalue weighted by Gasteiger charge is 2.35. The molecule has 0 aliphatic rings. The minimum Gasteiger partial charge on any atom is -0.444 e. The van der Waals surface area contributed by atoms with E-state index in [1.54, 1.807) is 20.8 Å². The van der Waals surface area contributed by atoms with E-state index in [0.717, 1.165) is 11.1 Å². The maximum absolute atomic E-state index is 13.9. The van der Waals surface area contributed by atoms with Crippen LogP contribution in [0.4, 0.5) is 10.5 Å². The van der Waals surface area contributed by atoms with E-state index in [9.17, 15) is 23.1 Å². The van der Waals surface area contributed by atoms with Crippen LogP contribution in [0, 0.1) is 5.92 Å². The standard InChI is InChI=1S/C35H48N4O6S/c1-25(2)23-39(46(43,44)30-20-18-28(36)19-21-30)29(24-40)17-12-22-37-33(41)32(38-34(42)45-35(3,4)5)31(26-13-8-6-9-14-26)27-15-10-7-11-16-27/h6-11,13-16,18-21,25,29,31-32,40H,12,17,22-24,36H2,1-5H3,(H,37,41)(H,38,42)/t29-,32-/m0/s1. The summed E-state index contributed by atoms with van der Waals surface area (Å²) >= 11 is 0. The molecule has 0 aliphatic carbocycles. The van der Waals surface area contributed by atoms with Gasteiger partial charge in [-0.3, -0.25) is 4.79 Å². The maximum Gasteiger partial charge on any atom is 0.408 e. The number of benzene rings is 3. The number of aliphatic hydroxyl groups is 1. The van der Waals surface area contributed by atoms with Gasteiger partial charge < -0.3 is 26.2 Å². The van der Waals surface area contributed by atoms with Crippen LogP contribution in [0.5, 0.6) is 0 Å². The number of hydrogen-bond acceptors (Lipinski definition) is 7. The van der Waals surface area contributed by atoms with Crippen molar-refractivity contribution in [3.63, 3.8) is 0 Å². The van der Waals surface area contributed by atoms with Crippen LogP contribution < -0.4 is 16.4 Å². The highest BCUT2D eigenvalue weighted by atomic mass is 32.2. The summed E-state index contributed by atoms with van der Waals surface area (Å²) in [5, 5.41) is 16.0. The number of nitrogens with two attached hydrogens (primary N) is 1. The van der Waals surface area contributed by atoms with Crippen LogP contribution in [-0.2, 0) is 19.6 Å². The second-order valence-electron chi connectivity index (χ2n) is 12.7. The fraction of sp³-hybridized carbons (Fsp3) is 0.429. The lowest BCUT2D eigenvalue weighted by molar-refractivity contribution is -0.123. The maximum atomic E-state index is 13.9. The molecule has 0 heterocycles. The molecule has 0 radical (unpaired) electrons. The van der Waals surface area contributed by atoms with E-state index in [0.29, 0.717) is 18.5 Å². The Hall–Kier alpha value is -3.93. The number of ether oxygens (including phenoxy) is 1. The number of nitrogens with one attached hydrogen (secondary N) is 2. The predicted molar refractivity (Wildman–Crippen MR) is 181 cm³/mol. The molecule has 2 atom stereocenters. The van der Waals surface area contributed by atoms with Crippen molar-refractivity contribution in [2.75, 3.05) is 25.4 Å². The van der Waals surface area contributed by atoms with Gasteiger partial charge in [0, 0.05) is 30.7 Å². The zero-order valence-corrected chi connectivity index (χ0v) is 28.2. The van der Waals surface area contributed by atoms with Crippen molar-refractivity contribution in [1.82, 2.24) is 14.9 Å². The number of nitrogen functional groups attached to an aromatic ring is 1. The van der Waals surface area contributed by atoms with E-state index >= 15 is 0 Å². The highest BCUT2D eigenvalue weighted by molar-refractivity contribution is 7.89. The van der Waals surface area contributed by atoms with Gasteiger partial charge in [-0.15, -0.1) is 0 Å². The zero-order chi connectivity index (χ0) is 33.9. The first-order valence-corrected chi connectivity index (χ1v) is 17.0. The molecule has 0 saturated heterocycles. The minimum atomic E-state index is -3.92. The van der Waals surface area contributed by atoms with Crippen molar-refractivity contribution >= 4 is 27.7 Å². The van der Waals surface area contributed by atoms with Gasteiger partial charge in [-0.1, -0.05) is 74.5 Å². The number of sulfonamides is 1. The quantitative estimate of drug-likeness (QED) is 0.135. The molecule has 0 aliphatic heterocycles. The minimum absolute atomic E-state index is 0.00454. The highest BCUT2D eigenvalue weighted by Crippen LogP contribution is 2.29. The normalized spacial score (nSPS) is 13.4. The molecule has 10 nitrogen and oxygen atoms in total. The third-order valence-corrected chi connectivity index (χ3v) is 9.20. The largest absolute Gasteiger partial charge is 0.444 e. The molecule has 0 unspecified atom stereocenters. The lowest BCUT2D eigenvalue weighted by Crippen LogP contribution is -2.51. The third-order valence-electron chi connectivity index (χ3n) is 7.27. The number of amides is 2. The van der Waals surface area contributed by atoms with Gasteiger partial charge in [0.05, 0.1) is 11.5 Å². The van der Waals surface area contributed by atoms with Crippen LogP contribution in [0.15, 0.2) is 89.8 Å². The Kier molecular flexibility index (Phi) is 13.2. The number of alkyl carbamates (subject to hydrolysis) is 1. The Bertz CT molecular complexity index is 1450. The van der Waals surface area contributed by atoms with Gasteiger partial charge in [-0.25, -0.2) is 13.2 Å². The molecule has 0 bridgehead atoms. The first kappa shape index (κ1) is 36.5. The molecule has 0 aromatic heterocycles.